The number of aromatic nitrogens is 1. The van der Waals surface area contributed by atoms with E-state index in [4.69, 9.17) is 11.6 Å². The average Bonchev–Trinajstić information content (AvgIpc) is 2.35. The summed E-state index contributed by atoms with van der Waals surface area (Å²) < 4.78 is 60.6. The number of carbonyl (C=O) groups is 1. The van der Waals surface area contributed by atoms with Crippen LogP contribution in [0.5, 0.6) is 0 Å². The summed E-state index contributed by atoms with van der Waals surface area (Å²) in [6.07, 6.45) is -3.29. The SMILES string of the molecule is CN(CC(=O)NCC(F)(F)F)S(=O)(=O)c1cccnc1Cl. The average molecular weight is 346 g/mol. The van der Waals surface area contributed by atoms with E-state index in [-0.39, 0.29) is 10.0 Å². The van der Waals surface area contributed by atoms with Crippen LogP contribution in [0.2, 0.25) is 5.15 Å². The molecule has 1 amide bonds. The Bertz CT molecular complexity index is 621. The third-order valence-electron chi connectivity index (χ3n) is 2.27. The second-order valence-corrected chi connectivity index (χ2v) is 6.32. The molecule has 11 heteroatoms. The van der Waals surface area contributed by atoms with Crippen molar-refractivity contribution in [2.75, 3.05) is 20.1 Å². The van der Waals surface area contributed by atoms with Crippen LogP contribution in [0.3, 0.4) is 0 Å². The fourth-order valence-electron chi connectivity index (χ4n) is 1.27. The molecule has 0 atom stereocenters. The van der Waals surface area contributed by atoms with Crippen LogP contribution >= 0.6 is 11.6 Å². The highest BCUT2D eigenvalue weighted by atomic mass is 35.5. The smallest absolute Gasteiger partial charge is 0.346 e. The largest absolute Gasteiger partial charge is 0.405 e. The minimum absolute atomic E-state index is 0.292. The van der Waals surface area contributed by atoms with Gasteiger partial charge in [0.15, 0.2) is 0 Å². The first-order valence-corrected chi connectivity index (χ1v) is 7.26. The molecule has 6 nitrogen and oxygen atoms in total. The number of carbonyl (C=O) groups excluding carboxylic acids is 1. The molecular weight excluding hydrogens is 335 g/mol. The first kappa shape index (κ1) is 17.7. The zero-order valence-corrected chi connectivity index (χ0v) is 12.3. The fourth-order valence-corrected chi connectivity index (χ4v) is 2.82. The van der Waals surface area contributed by atoms with Crippen LogP contribution in [0, 0.1) is 0 Å². The molecule has 0 aromatic carbocycles. The number of pyridine rings is 1. The zero-order chi connectivity index (χ0) is 16.3. The summed E-state index contributed by atoms with van der Waals surface area (Å²) in [5, 5.41) is 1.28. The predicted octanol–water partition coefficient (Wildman–Crippen LogP) is 1.03. The summed E-state index contributed by atoms with van der Waals surface area (Å²) in [6.45, 7) is -2.31. The van der Waals surface area contributed by atoms with Crippen LogP contribution in [0.1, 0.15) is 0 Å². The molecule has 1 N–H and O–H groups in total. The quantitative estimate of drug-likeness (QED) is 0.809. The van der Waals surface area contributed by atoms with Crippen molar-refractivity contribution in [3.05, 3.63) is 23.5 Å². The van der Waals surface area contributed by atoms with E-state index in [0.717, 1.165) is 7.05 Å². The molecule has 0 unspecified atom stereocenters. The summed E-state index contributed by atoms with van der Waals surface area (Å²) >= 11 is 5.64. The second-order valence-electron chi connectivity index (χ2n) is 3.95. The summed E-state index contributed by atoms with van der Waals surface area (Å²) in [5.41, 5.74) is 0. The van der Waals surface area contributed by atoms with Gasteiger partial charge in [-0.05, 0) is 12.1 Å². The van der Waals surface area contributed by atoms with Gasteiger partial charge in [0, 0.05) is 13.2 Å². The van der Waals surface area contributed by atoms with Gasteiger partial charge in [-0.25, -0.2) is 13.4 Å². The van der Waals surface area contributed by atoms with Crippen molar-refractivity contribution in [3.63, 3.8) is 0 Å². The zero-order valence-electron chi connectivity index (χ0n) is 10.7. The van der Waals surface area contributed by atoms with Crippen molar-refractivity contribution in [1.29, 1.82) is 0 Å². The van der Waals surface area contributed by atoms with Gasteiger partial charge in [0.25, 0.3) is 0 Å². The normalized spacial score (nSPS) is 12.5. The Kier molecular flexibility index (Phi) is 5.54. The van der Waals surface area contributed by atoms with E-state index in [1.165, 1.54) is 18.3 Å². The number of halogens is 4. The van der Waals surface area contributed by atoms with Gasteiger partial charge < -0.3 is 5.32 Å². The lowest BCUT2D eigenvalue weighted by atomic mass is 10.5. The van der Waals surface area contributed by atoms with Crippen LogP contribution in [-0.2, 0) is 14.8 Å². The second kappa shape index (κ2) is 6.58. The Balaban J connectivity index is 2.77. The maximum atomic E-state index is 12.1. The van der Waals surface area contributed by atoms with Gasteiger partial charge in [-0.2, -0.15) is 17.5 Å². The van der Waals surface area contributed by atoms with Crippen LogP contribution in [0.15, 0.2) is 23.2 Å². The molecule has 21 heavy (non-hydrogen) atoms. The number of hydrogen-bond acceptors (Lipinski definition) is 4. The van der Waals surface area contributed by atoms with Gasteiger partial charge in [0.1, 0.15) is 16.6 Å². The maximum Gasteiger partial charge on any atom is 0.405 e. The number of rotatable bonds is 5. The van der Waals surface area contributed by atoms with E-state index < -0.39 is 35.2 Å². The monoisotopic (exact) mass is 345 g/mol. The molecule has 0 radical (unpaired) electrons. The van der Waals surface area contributed by atoms with Gasteiger partial charge >= 0.3 is 6.18 Å². The minimum Gasteiger partial charge on any atom is -0.346 e. The van der Waals surface area contributed by atoms with Crippen molar-refractivity contribution >= 4 is 27.5 Å². The van der Waals surface area contributed by atoms with Crippen LogP contribution in [0.4, 0.5) is 13.2 Å². The van der Waals surface area contributed by atoms with Crippen molar-refractivity contribution in [2.24, 2.45) is 0 Å². The van der Waals surface area contributed by atoms with E-state index in [9.17, 15) is 26.4 Å². The van der Waals surface area contributed by atoms with Crippen molar-refractivity contribution in [2.45, 2.75) is 11.1 Å². The number of sulfonamides is 1. The lowest BCUT2D eigenvalue weighted by Gasteiger charge is -2.17. The first-order valence-electron chi connectivity index (χ1n) is 5.44. The van der Waals surface area contributed by atoms with Gasteiger partial charge in [-0.15, -0.1) is 0 Å². The predicted molar refractivity (Wildman–Crippen MR) is 68.1 cm³/mol. The van der Waals surface area contributed by atoms with Crippen LogP contribution in [-0.4, -0.2) is 49.9 Å². The molecule has 0 fully saturated rings. The first-order chi connectivity index (χ1) is 9.54. The Labute approximate surface area is 124 Å². The van der Waals surface area contributed by atoms with Gasteiger partial charge in [0.05, 0.1) is 6.54 Å². The molecule has 1 heterocycles. The maximum absolute atomic E-state index is 12.1. The van der Waals surface area contributed by atoms with Crippen molar-refractivity contribution in [1.82, 2.24) is 14.6 Å². The summed E-state index contributed by atoms with van der Waals surface area (Å²) in [4.78, 5) is 14.5. The van der Waals surface area contributed by atoms with E-state index in [1.807, 2.05) is 0 Å². The van der Waals surface area contributed by atoms with E-state index in [0.29, 0.717) is 4.31 Å². The van der Waals surface area contributed by atoms with Gasteiger partial charge in [-0.1, -0.05) is 11.6 Å². The van der Waals surface area contributed by atoms with E-state index in [1.54, 1.807) is 5.32 Å². The lowest BCUT2D eigenvalue weighted by molar-refractivity contribution is -0.138. The van der Waals surface area contributed by atoms with Gasteiger partial charge in [-0.3, -0.25) is 4.79 Å². The summed E-state index contributed by atoms with van der Waals surface area (Å²) in [6, 6.07) is 2.51. The highest BCUT2D eigenvalue weighted by Crippen LogP contribution is 2.21. The molecule has 0 aliphatic heterocycles. The van der Waals surface area contributed by atoms with Crippen molar-refractivity contribution < 1.29 is 26.4 Å². The Morgan fingerprint density at radius 1 is 1.48 bits per heavy atom. The molecule has 0 spiro atoms. The third-order valence-corrected chi connectivity index (χ3v) is 4.51. The number of nitrogens with one attached hydrogen (secondary N) is 1. The third kappa shape index (κ3) is 5.14. The highest BCUT2D eigenvalue weighted by molar-refractivity contribution is 7.89. The van der Waals surface area contributed by atoms with E-state index in [2.05, 4.69) is 4.98 Å². The van der Waals surface area contributed by atoms with Gasteiger partial charge in [0.2, 0.25) is 15.9 Å². The lowest BCUT2D eigenvalue weighted by Crippen LogP contribution is -2.41. The molecule has 0 aliphatic carbocycles. The number of amides is 1. The number of alkyl halides is 3. The minimum atomic E-state index is -4.57. The standard InChI is InChI=1S/C10H11ClF3N3O3S/c1-17(5-8(18)16-6-10(12,13)14)21(19,20)7-3-2-4-15-9(7)11/h2-4H,5-6H2,1H3,(H,16,18). The molecule has 118 valence electrons. The Morgan fingerprint density at radius 2 is 2.10 bits per heavy atom. The summed E-state index contributed by atoms with van der Waals surface area (Å²) in [7, 11) is -3.07. The number of likely N-dealkylation sites (N-methyl/N-ethyl adjacent to an activating group) is 1. The molecule has 1 aromatic rings. The summed E-state index contributed by atoms with van der Waals surface area (Å²) in [5.74, 6) is -1.08. The highest BCUT2D eigenvalue weighted by Gasteiger charge is 2.29. The van der Waals surface area contributed by atoms with Crippen molar-refractivity contribution in [3.8, 4) is 0 Å². The molecule has 0 bridgehead atoms. The molecule has 1 aromatic heterocycles. The number of nitrogens with zero attached hydrogens (tertiary/aromatic N) is 2. The molecule has 0 aliphatic rings. The van der Waals surface area contributed by atoms with Crippen LogP contribution < -0.4 is 5.32 Å². The Morgan fingerprint density at radius 3 is 2.62 bits per heavy atom. The molecule has 1 rings (SSSR count). The molecule has 0 saturated carbocycles. The van der Waals surface area contributed by atoms with Crippen LogP contribution in [0.25, 0.3) is 0 Å². The van der Waals surface area contributed by atoms with E-state index >= 15 is 0 Å². The molecular formula is C10H11ClF3N3O3S. The number of hydrogen-bond donors (Lipinski definition) is 1. The molecule has 0 saturated heterocycles. The topological polar surface area (TPSA) is 79.4 Å². The Hall–Kier alpha value is -1.39. The fraction of sp³-hybridized carbons (Fsp3) is 0.400.